The first-order valence-electron chi connectivity index (χ1n) is 9.29. The number of hydrogen-bond donors (Lipinski definition) is 0. The summed E-state index contributed by atoms with van der Waals surface area (Å²) in [6.45, 7) is 4.86. The van der Waals surface area contributed by atoms with Gasteiger partial charge in [0.05, 0.1) is 0 Å². The Labute approximate surface area is 150 Å². The summed E-state index contributed by atoms with van der Waals surface area (Å²) in [5.41, 5.74) is 4.68. The zero-order valence-electron chi connectivity index (χ0n) is 15.0. The minimum Gasteiger partial charge on any atom is -0.343 e. The lowest BCUT2D eigenvalue weighted by Crippen LogP contribution is -2.36. The van der Waals surface area contributed by atoms with E-state index in [1.807, 2.05) is 0 Å². The molecule has 2 heterocycles. The van der Waals surface area contributed by atoms with Gasteiger partial charge in [-0.25, -0.2) is 0 Å². The SMILES string of the molecule is CN(C)C1CCc2c(c3ccccc3n2CCN2CCSCC2)C1. The third kappa shape index (κ3) is 3.12. The maximum absolute atomic E-state index is 2.64. The molecule has 130 valence electrons. The fourth-order valence-corrected chi connectivity index (χ4v) is 5.32. The second-order valence-corrected chi connectivity index (χ2v) is 8.63. The van der Waals surface area contributed by atoms with Crippen LogP contribution in [0.5, 0.6) is 0 Å². The van der Waals surface area contributed by atoms with Gasteiger partial charge in [0.2, 0.25) is 0 Å². The maximum atomic E-state index is 2.64. The van der Waals surface area contributed by atoms with Crippen molar-refractivity contribution in [2.75, 3.05) is 45.2 Å². The number of likely N-dealkylation sites (N-methyl/N-ethyl adjacent to an activating group) is 1. The van der Waals surface area contributed by atoms with Crippen molar-refractivity contribution >= 4 is 22.7 Å². The summed E-state index contributed by atoms with van der Waals surface area (Å²) in [7, 11) is 4.45. The summed E-state index contributed by atoms with van der Waals surface area (Å²) in [4.78, 5) is 5.05. The Balaban J connectivity index is 1.63. The average Bonchev–Trinajstić information content (AvgIpc) is 2.94. The standard InChI is InChI=1S/C20H29N3S/c1-21(2)16-7-8-20-18(15-16)17-5-3-4-6-19(17)23(20)10-9-22-11-13-24-14-12-22/h3-6,16H,7-15H2,1-2H3. The first-order valence-corrected chi connectivity index (χ1v) is 10.4. The minimum atomic E-state index is 0.691. The largest absolute Gasteiger partial charge is 0.343 e. The molecule has 0 N–H and O–H groups in total. The molecule has 3 nitrogen and oxygen atoms in total. The van der Waals surface area contributed by atoms with Crippen LogP contribution in [0.2, 0.25) is 0 Å². The average molecular weight is 344 g/mol. The summed E-state index contributed by atoms with van der Waals surface area (Å²) in [6, 6.07) is 9.75. The maximum Gasteiger partial charge on any atom is 0.0485 e. The molecule has 2 aromatic rings. The highest BCUT2D eigenvalue weighted by Crippen LogP contribution is 2.33. The number of hydrogen-bond acceptors (Lipinski definition) is 3. The first-order chi connectivity index (χ1) is 11.7. The molecular formula is C20H29N3S. The van der Waals surface area contributed by atoms with Crippen molar-refractivity contribution < 1.29 is 0 Å². The van der Waals surface area contributed by atoms with Crippen molar-refractivity contribution in [1.29, 1.82) is 0 Å². The molecule has 0 saturated carbocycles. The molecule has 2 aliphatic rings. The van der Waals surface area contributed by atoms with Gasteiger partial charge in [-0.05, 0) is 45.0 Å². The zero-order chi connectivity index (χ0) is 16.5. The molecule has 1 aromatic carbocycles. The van der Waals surface area contributed by atoms with Crippen molar-refractivity contribution in [2.45, 2.75) is 31.8 Å². The van der Waals surface area contributed by atoms with Crippen LogP contribution >= 0.6 is 11.8 Å². The molecule has 4 rings (SSSR count). The lowest BCUT2D eigenvalue weighted by Gasteiger charge is -2.30. The van der Waals surface area contributed by atoms with Crippen LogP contribution in [0.3, 0.4) is 0 Å². The smallest absolute Gasteiger partial charge is 0.0485 e. The van der Waals surface area contributed by atoms with Crippen LogP contribution in [-0.2, 0) is 19.4 Å². The molecule has 0 spiro atoms. The van der Waals surface area contributed by atoms with Crippen molar-refractivity contribution in [1.82, 2.24) is 14.4 Å². The molecule has 4 heteroatoms. The summed E-state index contributed by atoms with van der Waals surface area (Å²) < 4.78 is 2.64. The molecule has 1 aliphatic carbocycles. The molecule has 0 radical (unpaired) electrons. The molecular weight excluding hydrogens is 314 g/mol. The zero-order valence-corrected chi connectivity index (χ0v) is 15.8. The summed E-state index contributed by atoms with van der Waals surface area (Å²) in [5.74, 6) is 2.60. The van der Waals surface area contributed by atoms with Crippen LogP contribution in [0.4, 0.5) is 0 Å². The predicted molar refractivity (Wildman–Crippen MR) is 105 cm³/mol. The third-order valence-corrected chi connectivity index (χ3v) is 6.76. The molecule has 0 bridgehead atoms. The van der Waals surface area contributed by atoms with E-state index in [4.69, 9.17) is 0 Å². The van der Waals surface area contributed by atoms with E-state index in [2.05, 4.69) is 64.5 Å². The van der Waals surface area contributed by atoms with Gasteiger partial charge in [-0.15, -0.1) is 0 Å². The van der Waals surface area contributed by atoms with E-state index < -0.39 is 0 Å². The van der Waals surface area contributed by atoms with Gasteiger partial charge >= 0.3 is 0 Å². The Bertz CT molecular complexity index is 700. The number of aromatic nitrogens is 1. The van der Waals surface area contributed by atoms with Gasteiger partial charge in [0.25, 0.3) is 0 Å². The van der Waals surface area contributed by atoms with Gasteiger partial charge in [0.15, 0.2) is 0 Å². The summed E-state index contributed by atoms with van der Waals surface area (Å²) in [6.07, 6.45) is 3.72. The summed E-state index contributed by atoms with van der Waals surface area (Å²) in [5, 5.41) is 1.49. The number of thioether (sulfide) groups is 1. The van der Waals surface area contributed by atoms with Gasteiger partial charge in [0.1, 0.15) is 0 Å². The Morgan fingerprint density at radius 2 is 1.92 bits per heavy atom. The van der Waals surface area contributed by atoms with Crippen LogP contribution in [0, 0.1) is 0 Å². The normalized spacial score (nSPS) is 22.2. The van der Waals surface area contributed by atoms with Gasteiger partial charge in [0, 0.05) is 60.3 Å². The number of benzene rings is 1. The Morgan fingerprint density at radius 3 is 2.71 bits per heavy atom. The molecule has 24 heavy (non-hydrogen) atoms. The lowest BCUT2D eigenvalue weighted by molar-refractivity contribution is 0.263. The second kappa shape index (κ2) is 7.11. The molecule has 1 unspecified atom stereocenters. The summed E-state index contributed by atoms with van der Waals surface area (Å²) >= 11 is 2.10. The first kappa shape index (κ1) is 16.5. The Kier molecular flexibility index (Phi) is 4.88. The van der Waals surface area contributed by atoms with Crippen molar-refractivity contribution in [3.63, 3.8) is 0 Å². The van der Waals surface area contributed by atoms with Crippen LogP contribution < -0.4 is 0 Å². The number of nitrogens with zero attached hydrogens (tertiary/aromatic N) is 3. The van der Waals surface area contributed by atoms with E-state index in [1.54, 1.807) is 11.3 Å². The molecule has 1 saturated heterocycles. The Hall–Kier alpha value is -0.970. The topological polar surface area (TPSA) is 11.4 Å². The molecule has 1 aromatic heterocycles. The van der Waals surface area contributed by atoms with E-state index in [0.29, 0.717) is 6.04 Å². The van der Waals surface area contributed by atoms with E-state index in [0.717, 1.165) is 6.54 Å². The fraction of sp³-hybridized carbons (Fsp3) is 0.600. The van der Waals surface area contributed by atoms with Crippen LogP contribution in [0.15, 0.2) is 24.3 Å². The van der Waals surface area contributed by atoms with Gasteiger partial charge < -0.3 is 9.47 Å². The Morgan fingerprint density at radius 1 is 1.12 bits per heavy atom. The van der Waals surface area contributed by atoms with Gasteiger partial charge in [-0.2, -0.15) is 11.8 Å². The molecule has 1 aliphatic heterocycles. The molecule has 1 atom stereocenters. The quantitative estimate of drug-likeness (QED) is 0.846. The minimum absolute atomic E-state index is 0.691. The van der Waals surface area contributed by atoms with E-state index in [9.17, 15) is 0 Å². The monoisotopic (exact) mass is 343 g/mol. The van der Waals surface area contributed by atoms with Gasteiger partial charge in [-0.3, -0.25) is 4.90 Å². The van der Waals surface area contributed by atoms with Crippen molar-refractivity contribution in [2.24, 2.45) is 0 Å². The van der Waals surface area contributed by atoms with Crippen molar-refractivity contribution in [3.05, 3.63) is 35.5 Å². The second-order valence-electron chi connectivity index (χ2n) is 7.41. The lowest BCUT2D eigenvalue weighted by atomic mass is 9.91. The van der Waals surface area contributed by atoms with E-state index in [-0.39, 0.29) is 0 Å². The third-order valence-electron chi connectivity index (χ3n) is 5.82. The highest BCUT2D eigenvalue weighted by atomic mass is 32.2. The highest BCUT2D eigenvalue weighted by molar-refractivity contribution is 7.99. The van der Waals surface area contributed by atoms with E-state index >= 15 is 0 Å². The van der Waals surface area contributed by atoms with Crippen LogP contribution in [-0.4, -0.2) is 65.6 Å². The number of fused-ring (bicyclic) bond motifs is 3. The fourth-order valence-electron chi connectivity index (χ4n) is 4.34. The predicted octanol–water partition coefficient (Wildman–Crippen LogP) is 3.11. The number of rotatable bonds is 4. The molecule has 0 amide bonds. The van der Waals surface area contributed by atoms with Gasteiger partial charge in [-0.1, -0.05) is 18.2 Å². The van der Waals surface area contributed by atoms with Crippen molar-refractivity contribution in [3.8, 4) is 0 Å². The van der Waals surface area contributed by atoms with Crippen LogP contribution in [0.25, 0.3) is 10.9 Å². The van der Waals surface area contributed by atoms with E-state index in [1.165, 1.54) is 61.3 Å². The highest BCUT2D eigenvalue weighted by Gasteiger charge is 2.26. The number of para-hydroxylation sites is 1. The molecule has 1 fully saturated rings. The van der Waals surface area contributed by atoms with Crippen LogP contribution in [0.1, 0.15) is 17.7 Å².